The number of benzene rings is 3. The number of methoxy groups -OCH3 is 3. The van der Waals surface area contributed by atoms with E-state index in [2.05, 4.69) is 15.3 Å². The van der Waals surface area contributed by atoms with Crippen LogP contribution in [-0.4, -0.2) is 37.2 Å². The number of imidazole rings is 1. The summed E-state index contributed by atoms with van der Waals surface area (Å²) in [6.45, 7) is 0.426. The Morgan fingerprint density at radius 1 is 0.879 bits per heavy atom. The summed E-state index contributed by atoms with van der Waals surface area (Å²) in [4.78, 5) is 20.2. The molecule has 4 rings (SSSR count). The van der Waals surface area contributed by atoms with Crippen LogP contribution in [0.1, 0.15) is 15.9 Å². The van der Waals surface area contributed by atoms with Gasteiger partial charge >= 0.3 is 0 Å². The van der Waals surface area contributed by atoms with E-state index in [0.717, 1.165) is 39.7 Å². The smallest absolute Gasteiger partial charge is 0.251 e. The highest BCUT2D eigenvalue weighted by Crippen LogP contribution is 2.33. The molecule has 0 bridgehead atoms. The van der Waals surface area contributed by atoms with Gasteiger partial charge in [0.2, 0.25) is 0 Å². The van der Waals surface area contributed by atoms with Gasteiger partial charge in [-0.15, -0.1) is 0 Å². The van der Waals surface area contributed by atoms with E-state index in [1.54, 1.807) is 51.8 Å². The molecule has 7 nitrogen and oxygen atoms in total. The molecule has 0 saturated heterocycles. The first-order chi connectivity index (χ1) is 16.1. The number of aromatic amines is 1. The molecular formula is C26H25N3O4. The second-order valence-corrected chi connectivity index (χ2v) is 7.32. The molecule has 0 aliphatic rings. The summed E-state index contributed by atoms with van der Waals surface area (Å²) in [5.41, 5.74) is 4.21. The van der Waals surface area contributed by atoms with Crippen LogP contribution in [0.25, 0.3) is 22.6 Å². The third-order valence-electron chi connectivity index (χ3n) is 5.31. The summed E-state index contributed by atoms with van der Waals surface area (Å²) >= 11 is 0. The normalized spacial score (nSPS) is 10.5. The number of H-pyrrole nitrogens is 1. The number of amides is 1. The molecule has 0 fully saturated rings. The van der Waals surface area contributed by atoms with Gasteiger partial charge in [0.05, 0.1) is 33.2 Å². The topological polar surface area (TPSA) is 85.5 Å². The van der Waals surface area contributed by atoms with Gasteiger partial charge in [-0.1, -0.05) is 24.3 Å². The predicted molar refractivity (Wildman–Crippen MR) is 127 cm³/mol. The number of carbonyl (C=O) groups excluding carboxylic acids is 1. The van der Waals surface area contributed by atoms with E-state index >= 15 is 0 Å². The lowest BCUT2D eigenvalue weighted by Gasteiger charge is -2.09. The van der Waals surface area contributed by atoms with Crippen molar-refractivity contribution in [3.8, 4) is 39.9 Å². The second kappa shape index (κ2) is 9.91. The van der Waals surface area contributed by atoms with Gasteiger partial charge in [-0.2, -0.15) is 0 Å². The van der Waals surface area contributed by atoms with Gasteiger partial charge in [0.15, 0.2) is 0 Å². The molecule has 0 unspecified atom stereocenters. The van der Waals surface area contributed by atoms with Crippen molar-refractivity contribution >= 4 is 5.91 Å². The summed E-state index contributed by atoms with van der Waals surface area (Å²) in [6.07, 6.45) is 1.77. The zero-order chi connectivity index (χ0) is 23.2. The highest BCUT2D eigenvalue weighted by Gasteiger charge is 2.12. The van der Waals surface area contributed by atoms with Gasteiger partial charge in [-0.25, -0.2) is 4.98 Å². The minimum atomic E-state index is -0.135. The van der Waals surface area contributed by atoms with E-state index in [0.29, 0.717) is 17.9 Å². The maximum absolute atomic E-state index is 12.4. The Morgan fingerprint density at radius 3 is 2.24 bits per heavy atom. The second-order valence-electron chi connectivity index (χ2n) is 7.32. The first-order valence-electron chi connectivity index (χ1n) is 10.4. The van der Waals surface area contributed by atoms with Crippen LogP contribution in [0.15, 0.2) is 72.9 Å². The fourth-order valence-electron chi connectivity index (χ4n) is 3.44. The first-order valence-corrected chi connectivity index (χ1v) is 10.4. The Hall–Kier alpha value is -4.26. The SMILES string of the molecule is COc1ccc(C(=O)NCc2ccc(-c3ncc(-c4cc(OC)ccc4OC)[nH]3)cc2)cc1. The summed E-state index contributed by atoms with van der Waals surface area (Å²) in [7, 11) is 4.86. The fourth-order valence-corrected chi connectivity index (χ4v) is 3.44. The van der Waals surface area contributed by atoms with Crippen LogP contribution in [0.4, 0.5) is 0 Å². The van der Waals surface area contributed by atoms with Crippen LogP contribution in [0, 0.1) is 0 Å². The number of carbonyl (C=O) groups is 1. The van der Waals surface area contributed by atoms with E-state index in [1.165, 1.54) is 0 Å². The Bertz CT molecular complexity index is 1230. The van der Waals surface area contributed by atoms with Crippen molar-refractivity contribution in [1.29, 1.82) is 0 Å². The van der Waals surface area contributed by atoms with Gasteiger partial charge in [-0.05, 0) is 48.0 Å². The molecule has 168 valence electrons. The monoisotopic (exact) mass is 443 g/mol. The maximum atomic E-state index is 12.4. The van der Waals surface area contributed by atoms with E-state index < -0.39 is 0 Å². The van der Waals surface area contributed by atoms with E-state index in [1.807, 2.05) is 42.5 Å². The van der Waals surface area contributed by atoms with Crippen LogP contribution in [0.2, 0.25) is 0 Å². The van der Waals surface area contributed by atoms with Crippen LogP contribution in [-0.2, 0) is 6.54 Å². The minimum Gasteiger partial charge on any atom is -0.497 e. The van der Waals surface area contributed by atoms with Crippen LogP contribution in [0.3, 0.4) is 0 Å². The number of ether oxygens (including phenoxy) is 3. The van der Waals surface area contributed by atoms with Crippen molar-refractivity contribution in [3.63, 3.8) is 0 Å². The molecular weight excluding hydrogens is 418 g/mol. The Morgan fingerprint density at radius 2 is 1.58 bits per heavy atom. The zero-order valence-electron chi connectivity index (χ0n) is 18.7. The van der Waals surface area contributed by atoms with Gasteiger partial charge in [0.1, 0.15) is 23.1 Å². The number of nitrogens with one attached hydrogen (secondary N) is 2. The number of rotatable bonds is 8. The van der Waals surface area contributed by atoms with Crippen molar-refractivity contribution < 1.29 is 19.0 Å². The largest absolute Gasteiger partial charge is 0.497 e. The number of hydrogen-bond donors (Lipinski definition) is 2. The molecule has 0 saturated carbocycles. The molecule has 1 aromatic heterocycles. The maximum Gasteiger partial charge on any atom is 0.251 e. The van der Waals surface area contributed by atoms with Gasteiger partial charge in [-0.3, -0.25) is 4.79 Å². The molecule has 1 heterocycles. The molecule has 0 aliphatic carbocycles. The molecule has 2 N–H and O–H groups in total. The quantitative estimate of drug-likeness (QED) is 0.412. The predicted octanol–water partition coefficient (Wildman–Crippen LogP) is 4.70. The van der Waals surface area contributed by atoms with Crippen molar-refractivity contribution in [2.24, 2.45) is 0 Å². The lowest BCUT2D eigenvalue weighted by atomic mass is 10.1. The third-order valence-corrected chi connectivity index (χ3v) is 5.31. The summed E-state index contributed by atoms with van der Waals surface area (Å²) in [6, 6.07) is 20.5. The lowest BCUT2D eigenvalue weighted by molar-refractivity contribution is 0.0951. The van der Waals surface area contributed by atoms with Gasteiger partial charge in [0.25, 0.3) is 5.91 Å². The zero-order valence-corrected chi connectivity index (χ0v) is 18.7. The highest BCUT2D eigenvalue weighted by atomic mass is 16.5. The van der Waals surface area contributed by atoms with E-state index in [-0.39, 0.29) is 5.91 Å². The van der Waals surface area contributed by atoms with Crippen LogP contribution in [0.5, 0.6) is 17.2 Å². The van der Waals surface area contributed by atoms with Gasteiger partial charge in [0, 0.05) is 23.2 Å². The molecule has 33 heavy (non-hydrogen) atoms. The first kappa shape index (κ1) is 22.0. The molecule has 0 aliphatic heterocycles. The standard InChI is InChI=1S/C26H25N3O4/c1-31-20-10-8-19(9-11-20)26(30)28-15-17-4-6-18(7-5-17)25-27-16-23(29-25)22-14-21(32-2)12-13-24(22)33-3/h4-14,16H,15H2,1-3H3,(H,27,29)(H,28,30). The highest BCUT2D eigenvalue weighted by molar-refractivity contribution is 5.94. The van der Waals surface area contributed by atoms with Crippen molar-refractivity contribution in [2.45, 2.75) is 6.54 Å². The molecule has 7 heteroatoms. The Kier molecular flexibility index (Phi) is 6.59. The minimum absolute atomic E-state index is 0.135. The van der Waals surface area contributed by atoms with E-state index in [9.17, 15) is 4.79 Å². The van der Waals surface area contributed by atoms with Crippen molar-refractivity contribution in [1.82, 2.24) is 15.3 Å². The van der Waals surface area contributed by atoms with Crippen molar-refractivity contribution in [3.05, 3.63) is 84.1 Å². The number of aromatic nitrogens is 2. The van der Waals surface area contributed by atoms with Crippen LogP contribution >= 0.6 is 0 Å². The molecule has 1 amide bonds. The Labute approximate surface area is 192 Å². The molecule has 0 atom stereocenters. The third kappa shape index (κ3) is 4.98. The molecule has 3 aromatic carbocycles. The van der Waals surface area contributed by atoms with Crippen molar-refractivity contribution in [2.75, 3.05) is 21.3 Å². The molecule has 0 radical (unpaired) electrons. The van der Waals surface area contributed by atoms with Crippen LogP contribution < -0.4 is 19.5 Å². The molecule has 4 aromatic rings. The summed E-state index contributed by atoms with van der Waals surface area (Å²) in [5, 5.41) is 2.93. The Balaban J connectivity index is 1.44. The fraction of sp³-hybridized carbons (Fsp3) is 0.154. The molecule has 0 spiro atoms. The summed E-state index contributed by atoms with van der Waals surface area (Å²) < 4.78 is 15.9. The number of hydrogen-bond acceptors (Lipinski definition) is 5. The van der Waals surface area contributed by atoms with E-state index in [4.69, 9.17) is 14.2 Å². The average Bonchev–Trinajstić information content (AvgIpc) is 3.37. The lowest BCUT2D eigenvalue weighted by Crippen LogP contribution is -2.22. The summed E-state index contributed by atoms with van der Waals surface area (Å²) in [5.74, 6) is 2.79. The number of nitrogens with zero attached hydrogens (tertiary/aromatic N) is 1. The van der Waals surface area contributed by atoms with Gasteiger partial charge < -0.3 is 24.5 Å². The average molecular weight is 444 g/mol.